The van der Waals surface area contributed by atoms with E-state index in [0.717, 1.165) is 5.56 Å². The fraction of sp³-hybridized carbons (Fsp3) is 0.571. The molecule has 0 unspecified atom stereocenters. The van der Waals surface area contributed by atoms with Crippen molar-refractivity contribution in [3.05, 3.63) is 34.9 Å². The molecule has 1 aromatic carbocycles. The van der Waals surface area contributed by atoms with E-state index in [2.05, 4.69) is 45.9 Å². The molecule has 1 heteroatoms. The van der Waals surface area contributed by atoms with E-state index in [1.54, 1.807) is 0 Å². The summed E-state index contributed by atoms with van der Waals surface area (Å²) in [4.78, 5) is 0. The van der Waals surface area contributed by atoms with Crippen molar-refractivity contribution in [2.24, 2.45) is 0 Å². The SMILES string of the molecule is CC(C)c1ccc([C@H](C)O)c(C(C)C)c1. The Morgan fingerprint density at radius 1 is 0.867 bits per heavy atom. The van der Waals surface area contributed by atoms with Crippen LogP contribution < -0.4 is 0 Å². The monoisotopic (exact) mass is 206 g/mol. The Kier molecular flexibility index (Phi) is 3.92. The Morgan fingerprint density at radius 2 is 1.47 bits per heavy atom. The van der Waals surface area contributed by atoms with Crippen LogP contribution in [0.5, 0.6) is 0 Å². The first kappa shape index (κ1) is 12.3. The number of benzene rings is 1. The maximum atomic E-state index is 9.68. The molecular weight excluding hydrogens is 184 g/mol. The molecule has 1 N–H and O–H groups in total. The molecule has 0 aliphatic rings. The van der Waals surface area contributed by atoms with E-state index < -0.39 is 0 Å². The summed E-state index contributed by atoms with van der Waals surface area (Å²) in [6.07, 6.45) is -0.372. The van der Waals surface area contributed by atoms with Crippen LogP contribution in [0.4, 0.5) is 0 Å². The Labute approximate surface area is 93.1 Å². The molecule has 84 valence electrons. The van der Waals surface area contributed by atoms with Crippen LogP contribution in [0.3, 0.4) is 0 Å². The van der Waals surface area contributed by atoms with Gasteiger partial charge in [0.25, 0.3) is 0 Å². The second kappa shape index (κ2) is 4.80. The molecule has 0 aromatic heterocycles. The molecule has 0 fully saturated rings. The average Bonchev–Trinajstić information content (AvgIpc) is 2.16. The van der Waals surface area contributed by atoms with Gasteiger partial charge in [-0.2, -0.15) is 0 Å². The predicted molar refractivity (Wildman–Crippen MR) is 65.3 cm³/mol. The lowest BCUT2D eigenvalue weighted by atomic mass is 9.90. The van der Waals surface area contributed by atoms with Gasteiger partial charge in [0, 0.05) is 0 Å². The molecule has 1 aromatic rings. The van der Waals surface area contributed by atoms with Crippen LogP contribution >= 0.6 is 0 Å². The number of hydrogen-bond acceptors (Lipinski definition) is 1. The molecule has 0 radical (unpaired) electrons. The van der Waals surface area contributed by atoms with E-state index in [-0.39, 0.29) is 6.10 Å². The van der Waals surface area contributed by atoms with Gasteiger partial charge in [-0.25, -0.2) is 0 Å². The largest absolute Gasteiger partial charge is 0.389 e. The van der Waals surface area contributed by atoms with E-state index in [1.165, 1.54) is 11.1 Å². The minimum Gasteiger partial charge on any atom is -0.389 e. The summed E-state index contributed by atoms with van der Waals surface area (Å²) in [5.74, 6) is 1.01. The molecule has 15 heavy (non-hydrogen) atoms. The molecule has 0 aliphatic carbocycles. The Hall–Kier alpha value is -0.820. The van der Waals surface area contributed by atoms with E-state index in [1.807, 2.05) is 6.92 Å². The first-order valence-corrected chi connectivity index (χ1v) is 5.75. The molecule has 0 saturated heterocycles. The molecule has 0 amide bonds. The number of aliphatic hydroxyl groups excluding tert-OH is 1. The molecule has 0 aliphatic heterocycles. The molecule has 0 heterocycles. The third kappa shape index (κ3) is 2.82. The van der Waals surface area contributed by atoms with Crippen molar-refractivity contribution in [3.63, 3.8) is 0 Å². The van der Waals surface area contributed by atoms with Gasteiger partial charge in [0.1, 0.15) is 0 Å². The maximum Gasteiger partial charge on any atom is 0.0764 e. The van der Waals surface area contributed by atoms with Crippen LogP contribution in [-0.4, -0.2) is 5.11 Å². The normalized spacial score (nSPS) is 13.6. The van der Waals surface area contributed by atoms with Crippen LogP contribution in [0.15, 0.2) is 18.2 Å². The van der Waals surface area contributed by atoms with Crippen LogP contribution in [-0.2, 0) is 0 Å². The summed E-state index contributed by atoms with van der Waals surface area (Å²) < 4.78 is 0. The van der Waals surface area contributed by atoms with Gasteiger partial charge < -0.3 is 5.11 Å². The van der Waals surface area contributed by atoms with E-state index in [4.69, 9.17) is 0 Å². The van der Waals surface area contributed by atoms with Crippen LogP contribution in [0.25, 0.3) is 0 Å². The minimum atomic E-state index is -0.372. The topological polar surface area (TPSA) is 20.2 Å². The Morgan fingerprint density at radius 3 is 1.87 bits per heavy atom. The lowest BCUT2D eigenvalue weighted by Gasteiger charge is -2.17. The van der Waals surface area contributed by atoms with E-state index >= 15 is 0 Å². The minimum absolute atomic E-state index is 0.372. The quantitative estimate of drug-likeness (QED) is 0.793. The summed E-state index contributed by atoms with van der Waals surface area (Å²) >= 11 is 0. The first-order chi connectivity index (χ1) is 6.93. The molecule has 1 nitrogen and oxygen atoms in total. The van der Waals surface area contributed by atoms with Gasteiger partial charge in [0.15, 0.2) is 0 Å². The van der Waals surface area contributed by atoms with Gasteiger partial charge in [0.2, 0.25) is 0 Å². The van der Waals surface area contributed by atoms with Crippen molar-refractivity contribution in [1.82, 2.24) is 0 Å². The summed E-state index contributed by atoms with van der Waals surface area (Å²) in [6.45, 7) is 10.6. The zero-order chi connectivity index (χ0) is 11.6. The summed E-state index contributed by atoms with van der Waals surface area (Å²) in [6, 6.07) is 6.42. The van der Waals surface area contributed by atoms with Gasteiger partial charge >= 0.3 is 0 Å². The summed E-state index contributed by atoms with van der Waals surface area (Å²) in [5.41, 5.74) is 3.69. The standard InChI is InChI=1S/C14H22O/c1-9(2)12-6-7-13(11(5)15)14(8-12)10(3)4/h6-11,15H,1-5H3/t11-/m0/s1. The highest BCUT2D eigenvalue weighted by molar-refractivity contribution is 5.36. The van der Waals surface area contributed by atoms with Crippen LogP contribution in [0, 0.1) is 0 Å². The number of hydrogen-bond donors (Lipinski definition) is 1. The van der Waals surface area contributed by atoms with Gasteiger partial charge in [0.05, 0.1) is 6.10 Å². The van der Waals surface area contributed by atoms with Crippen LogP contribution in [0.1, 0.15) is 69.2 Å². The van der Waals surface area contributed by atoms with Gasteiger partial charge in [-0.3, -0.25) is 0 Å². The molecule has 0 saturated carbocycles. The average molecular weight is 206 g/mol. The van der Waals surface area contributed by atoms with Crippen molar-refractivity contribution >= 4 is 0 Å². The molecular formula is C14H22O. The van der Waals surface area contributed by atoms with Crippen molar-refractivity contribution in [1.29, 1.82) is 0 Å². The highest BCUT2D eigenvalue weighted by Crippen LogP contribution is 2.28. The third-order valence-corrected chi connectivity index (χ3v) is 2.85. The highest BCUT2D eigenvalue weighted by Gasteiger charge is 2.12. The van der Waals surface area contributed by atoms with Crippen molar-refractivity contribution < 1.29 is 5.11 Å². The molecule has 0 bridgehead atoms. The van der Waals surface area contributed by atoms with Gasteiger partial charge in [-0.1, -0.05) is 45.9 Å². The maximum absolute atomic E-state index is 9.68. The fourth-order valence-electron chi connectivity index (χ4n) is 1.83. The Bertz CT molecular complexity index is 324. The summed E-state index contributed by atoms with van der Waals surface area (Å²) in [7, 11) is 0. The van der Waals surface area contributed by atoms with E-state index in [0.29, 0.717) is 11.8 Å². The zero-order valence-electron chi connectivity index (χ0n) is 10.4. The third-order valence-electron chi connectivity index (χ3n) is 2.85. The van der Waals surface area contributed by atoms with Crippen molar-refractivity contribution in [3.8, 4) is 0 Å². The van der Waals surface area contributed by atoms with Crippen molar-refractivity contribution in [2.45, 2.75) is 52.6 Å². The smallest absolute Gasteiger partial charge is 0.0764 e. The molecule has 1 rings (SSSR count). The second-order valence-corrected chi connectivity index (χ2v) is 4.87. The lowest BCUT2D eigenvalue weighted by molar-refractivity contribution is 0.198. The van der Waals surface area contributed by atoms with Crippen LogP contribution in [0.2, 0.25) is 0 Å². The predicted octanol–water partition coefficient (Wildman–Crippen LogP) is 3.99. The summed E-state index contributed by atoms with van der Waals surface area (Å²) in [5, 5.41) is 9.68. The second-order valence-electron chi connectivity index (χ2n) is 4.87. The zero-order valence-corrected chi connectivity index (χ0v) is 10.4. The highest BCUT2D eigenvalue weighted by atomic mass is 16.3. The van der Waals surface area contributed by atoms with Gasteiger partial charge in [-0.05, 0) is 35.4 Å². The van der Waals surface area contributed by atoms with E-state index in [9.17, 15) is 5.11 Å². The van der Waals surface area contributed by atoms with Gasteiger partial charge in [-0.15, -0.1) is 0 Å². The van der Waals surface area contributed by atoms with Crippen molar-refractivity contribution in [2.75, 3.05) is 0 Å². The molecule has 0 spiro atoms. The molecule has 1 atom stereocenters. The number of aliphatic hydroxyl groups is 1. The number of rotatable bonds is 3. The Balaban J connectivity index is 3.21. The first-order valence-electron chi connectivity index (χ1n) is 5.75. The fourth-order valence-corrected chi connectivity index (χ4v) is 1.83. The lowest BCUT2D eigenvalue weighted by Crippen LogP contribution is -2.02.